The molecule has 0 heterocycles. The third kappa shape index (κ3) is 3.37. The van der Waals surface area contributed by atoms with Crippen molar-refractivity contribution in [1.29, 1.82) is 0 Å². The first-order valence-corrected chi connectivity index (χ1v) is 6.74. The molecule has 2 rings (SSSR count). The van der Waals surface area contributed by atoms with E-state index in [2.05, 4.69) is 21.2 Å². The van der Waals surface area contributed by atoms with E-state index < -0.39 is 5.82 Å². The van der Waals surface area contributed by atoms with Crippen molar-refractivity contribution in [3.05, 3.63) is 62.3 Å². The van der Waals surface area contributed by atoms with Crippen molar-refractivity contribution < 1.29 is 4.39 Å². The predicted octanol–water partition coefficient (Wildman–Crippen LogP) is 5.51. The molecule has 0 spiro atoms. The van der Waals surface area contributed by atoms with Crippen molar-refractivity contribution in [2.75, 3.05) is 5.32 Å². The van der Waals surface area contributed by atoms with Gasteiger partial charge in [-0.3, -0.25) is 0 Å². The van der Waals surface area contributed by atoms with Crippen molar-refractivity contribution in [3.63, 3.8) is 0 Å². The molecule has 0 aromatic heterocycles. The minimum Gasteiger partial charge on any atom is -0.381 e. The Hall–Kier alpha value is -0.770. The van der Waals surface area contributed by atoms with E-state index >= 15 is 0 Å². The van der Waals surface area contributed by atoms with Gasteiger partial charge < -0.3 is 5.32 Å². The molecule has 0 amide bonds. The molecule has 1 nitrogen and oxygen atoms in total. The van der Waals surface area contributed by atoms with Gasteiger partial charge in [0, 0.05) is 21.7 Å². The van der Waals surface area contributed by atoms with Crippen LogP contribution >= 0.6 is 39.1 Å². The number of hydrogen-bond acceptors (Lipinski definition) is 1. The van der Waals surface area contributed by atoms with Gasteiger partial charge in [-0.2, -0.15) is 0 Å². The van der Waals surface area contributed by atoms with Gasteiger partial charge in [0.05, 0.1) is 5.02 Å². The summed E-state index contributed by atoms with van der Waals surface area (Å²) in [6.45, 7) is 0.597. The van der Waals surface area contributed by atoms with Crippen LogP contribution in [0.4, 0.5) is 10.1 Å². The number of benzene rings is 2. The van der Waals surface area contributed by atoms with E-state index in [1.807, 2.05) is 18.2 Å². The number of nitrogens with one attached hydrogen (secondary N) is 1. The molecule has 18 heavy (non-hydrogen) atoms. The largest absolute Gasteiger partial charge is 0.381 e. The lowest BCUT2D eigenvalue weighted by atomic mass is 10.2. The lowest BCUT2D eigenvalue weighted by Crippen LogP contribution is -2.00. The normalized spacial score (nSPS) is 10.4. The van der Waals surface area contributed by atoms with Gasteiger partial charge in [0.1, 0.15) is 5.82 Å². The first kappa shape index (κ1) is 13.7. The maximum atomic E-state index is 13.0. The highest BCUT2D eigenvalue weighted by atomic mass is 79.9. The molecule has 2 aromatic rings. The summed E-state index contributed by atoms with van der Waals surface area (Å²) < 4.78 is 13.9. The molecule has 0 saturated carbocycles. The summed E-state index contributed by atoms with van der Waals surface area (Å²) in [6, 6.07) is 10.1. The van der Waals surface area contributed by atoms with E-state index in [0.717, 1.165) is 15.7 Å². The Labute approximate surface area is 123 Å². The monoisotopic (exact) mass is 347 g/mol. The number of anilines is 1. The fourth-order valence-corrected chi connectivity index (χ4v) is 2.47. The first-order valence-electron chi connectivity index (χ1n) is 5.19. The second-order valence-electron chi connectivity index (χ2n) is 3.72. The summed E-state index contributed by atoms with van der Waals surface area (Å²) in [5.41, 5.74) is 1.82. The Bertz CT molecular complexity index is 575. The van der Waals surface area contributed by atoms with E-state index in [1.54, 1.807) is 12.1 Å². The zero-order valence-electron chi connectivity index (χ0n) is 9.18. The van der Waals surface area contributed by atoms with Crippen molar-refractivity contribution in [2.45, 2.75) is 6.54 Å². The molecular formula is C13H9BrCl2FN. The van der Waals surface area contributed by atoms with Crippen LogP contribution in [0.15, 0.2) is 40.9 Å². The Morgan fingerprint density at radius 1 is 1.11 bits per heavy atom. The van der Waals surface area contributed by atoms with E-state index in [1.165, 1.54) is 6.07 Å². The Morgan fingerprint density at radius 3 is 2.56 bits per heavy atom. The van der Waals surface area contributed by atoms with Crippen molar-refractivity contribution in [2.24, 2.45) is 0 Å². The Morgan fingerprint density at radius 2 is 1.89 bits per heavy atom. The average molecular weight is 349 g/mol. The van der Waals surface area contributed by atoms with Crippen LogP contribution in [0.2, 0.25) is 10.0 Å². The highest BCUT2D eigenvalue weighted by Gasteiger charge is 2.03. The summed E-state index contributed by atoms with van der Waals surface area (Å²) in [4.78, 5) is 0. The van der Waals surface area contributed by atoms with E-state index in [-0.39, 0.29) is 5.02 Å². The van der Waals surface area contributed by atoms with Gasteiger partial charge in [-0.1, -0.05) is 45.2 Å². The molecule has 2 aromatic carbocycles. The molecule has 0 bridgehead atoms. The minimum atomic E-state index is -0.421. The van der Waals surface area contributed by atoms with Crippen LogP contribution in [-0.2, 0) is 6.54 Å². The average Bonchev–Trinajstić information content (AvgIpc) is 2.32. The smallest absolute Gasteiger partial charge is 0.141 e. The van der Waals surface area contributed by atoms with Crippen LogP contribution in [0, 0.1) is 5.82 Å². The molecule has 0 atom stereocenters. The van der Waals surface area contributed by atoms with E-state index in [0.29, 0.717) is 11.6 Å². The van der Waals surface area contributed by atoms with E-state index in [9.17, 15) is 4.39 Å². The topological polar surface area (TPSA) is 12.0 Å². The van der Waals surface area contributed by atoms with Crippen LogP contribution < -0.4 is 5.32 Å². The maximum absolute atomic E-state index is 13.0. The first-order chi connectivity index (χ1) is 8.56. The van der Waals surface area contributed by atoms with Gasteiger partial charge in [0.25, 0.3) is 0 Å². The van der Waals surface area contributed by atoms with Gasteiger partial charge >= 0.3 is 0 Å². The van der Waals surface area contributed by atoms with Gasteiger partial charge in [-0.15, -0.1) is 0 Å². The molecule has 1 N–H and O–H groups in total. The van der Waals surface area contributed by atoms with Crippen molar-refractivity contribution >= 4 is 44.8 Å². The molecule has 94 valence electrons. The second-order valence-corrected chi connectivity index (χ2v) is 5.42. The Kier molecular flexibility index (Phi) is 4.49. The molecule has 0 unspecified atom stereocenters. The van der Waals surface area contributed by atoms with Gasteiger partial charge in [0.2, 0.25) is 0 Å². The number of rotatable bonds is 3. The van der Waals surface area contributed by atoms with Crippen LogP contribution in [0.3, 0.4) is 0 Å². The molecule has 0 radical (unpaired) electrons. The molecular weight excluding hydrogens is 340 g/mol. The van der Waals surface area contributed by atoms with Crippen LogP contribution in [0.25, 0.3) is 0 Å². The van der Waals surface area contributed by atoms with Gasteiger partial charge in [-0.05, 0) is 35.9 Å². The molecule has 0 aliphatic carbocycles. The molecule has 0 aliphatic heterocycles. The molecule has 0 fully saturated rings. The maximum Gasteiger partial charge on any atom is 0.141 e. The van der Waals surface area contributed by atoms with Crippen molar-refractivity contribution in [3.8, 4) is 0 Å². The highest BCUT2D eigenvalue weighted by molar-refractivity contribution is 9.10. The fourth-order valence-electron chi connectivity index (χ4n) is 1.47. The molecule has 0 saturated heterocycles. The zero-order valence-corrected chi connectivity index (χ0v) is 12.3. The van der Waals surface area contributed by atoms with Crippen LogP contribution in [-0.4, -0.2) is 0 Å². The second kappa shape index (κ2) is 5.91. The zero-order chi connectivity index (χ0) is 13.1. The molecule has 0 aliphatic rings. The van der Waals surface area contributed by atoms with Gasteiger partial charge in [0.15, 0.2) is 0 Å². The quantitative estimate of drug-likeness (QED) is 0.771. The lowest BCUT2D eigenvalue weighted by Gasteiger charge is -2.09. The third-order valence-electron chi connectivity index (χ3n) is 2.42. The predicted molar refractivity (Wildman–Crippen MR) is 77.9 cm³/mol. The highest BCUT2D eigenvalue weighted by Crippen LogP contribution is 2.24. The third-order valence-corrected chi connectivity index (χ3v) is 3.68. The Balaban J connectivity index is 2.09. The fraction of sp³-hybridized carbons (Fsp3) is 0.0769. The van der Waals surface area contributed by atoms with Crippen LogP contribution in [0.1, 0.15) is 5.56 Å². The molecule has 5 heteroatoms. The summed E-state index contributed by atoms with van der Waals surface area (Å²) in [6.07, 6.45) is 0. The van der Waals surface area contributed by atoms with Crippen molar-refractivity contribution in [1.82, 2.24) is 0 Å². The SMILES string of the molecule is Fc1ccc(NCc2ccc(Cl)cc2Br)cc1Cl. The summed E-state index contributed by atoms with van der Waals surface area (Å²) in [5.74, 6) is -0.421. The lowest BCUT2D eigenvalue weighted by molar-refractivity contribution is 0.628. The van der Waals surface area contributed by atoms with E-state index in [4.69, 9.17) is 23.2 Å². The standard InChI is InChI=1S/C13H9BrCl2FN/c14-11-5-9(15)2-1-8(11)7-18-10-3-4-13(17)12(16)6-10/h1-6,18H,7H2. The summed E-state index contributed by atoms with van der Waals surface area (Å²) in [7, 11) is 0. The summed E-state index contributed by atoms with van der Waals surface area (Å²) >= 11 is 15.0. The number of hydrogen-bond donors (Lipinski definition) is 1. The number of halogens is 4. The van der Waals surface area contributed by atoms with Crippen LogP contribution in [0.5, 0.6) is 0 Å². The van der Waals surface area contributed by atoms with Gasteiger partial charge in [-0.25, -0.2) is 4.39 Å². The minimum absolute atomic E-state index is 0.107. The summed E-state index contributed by atoms with van der Waals surface area (Å²) in [5, 5.41) is 3.95.